The van der Waals surface area contributed by atoms with Crippen molar-refractivity contribution < 1.29 is 14.7 Å². The first-order valence-electron chi connectivity index (χ1n) is 6.29. The Kier molecular flexibility index (Phi) is 4.24. The van der Waals surface area contributed by atoms with Gasteiger partial charge in [0.05, 0.1) is 5.69 Å². The Morgan fingerprint density at radius 1 is 1.47 bits per heavy atom. The van der Waals surface area contributed by atoms with Crippen molar-refractivity contribution in [1.82, 2.24) is 0 Å². The Morgan fingerprint density at radius 3 is 2.84 bits per heavy atom. The van der Waals surface area contributed by atoms with E-state index < -0.39 is 5.97 Å². The van der Waals surface area contributed by atoms with Gasteiger partial charge in [0, 0.05) is 17.8 Å². The Morgan fingerprint density at radius 2 is 2.21 bits per heavy atom. The number of aryl methyl sites for hydroxylation is 1. The van der Waals surface area contributed by atoms with Gasteiger partial charge in [0.15, 0.2) is 0 Å². The molecule has 0 fully saturated rings. The highest BCUT2D eigenvalue weighted by molar-refractivity contribution is 9.10. The molecule has 1 aromatic carbocycles. The Balaban J connectivity index is 2.20. The van der Waals surface area contributed by atoms with E-state index in [0.29, 0.717) is 12.3 Å². The second-order valence-electron chi connectivity index (χ2n) is 4.88. The molecular formula is C14H16BrNO3. The van der Waals surface area contributed by atoms with Gasteiger partial charge in [-0.15, -0.1) is 0 Å². The molecule has 0 spiro atoms. The predicted octanol–water partition coefficient (Wildman–Crippen LogP) is 3.30. The van der Waals surface area contributed by atoms with Crippen molar-refractivity contribution in [1.29, 1.82) is 0 Å². The average molecular weight is 326 g/mol. The second kappa shape index (κ2) is 5.74. The summed E-state index contributed by atoms with van der Waals surface area (Å²) in [5.74, 6) is -0.530. The zero-order chi connectivity index (χ0) is 14.0. The fourth-order valence-electron chi connectivity index (χ4n) is 2.60. The molecule has 0 aromatic heterocycles. The van der Waals surface area contributed by atoms with E-state index in [0.717, 1.165) is 23.0 Å². The average Bonchev–Trinajstić information content (AvgIpc) is 2.68. The third-order valence-electron chi connectivity index (χ3n) is 3.45. The summed E-state index contributed by atoms with van der Waals surface area (Å²) < 4.78 is 0.851. The number of hydrogen-bond acceptors (Lipinski definition) is 2. The number of carboxylic acids is 1. The zero-order valence-corrected chi connectivity index (χ0v) is 12.3. The van der Waals surface area contributed by atoms with Crippen LogP contribution in [-0.4, -0.2) is 17.0 Å². The van der Waals surface area contributed by atoms with Crippen molar-refractivity contribution >= 4 is 33.5 Å². The minimum atomic E-state index is -0.748. The number of benzene rings is 1. The van der Waals surface area contributed by atoms with Gasteiger partial charge in [-0.25, -0.2) is 0 Å². The van der Waals surface area contributed by atoms with Gasteiger partial charge in [-0.3, -0.25) is 9.59 Å². The van der Waals surface area contributed by atoms with Crippen LogP contribution in [0.25, 0.3) is 0 Å². The van der Waals surface area contributed by atoms with Crippen LogP contribution in [0.4, 0.5) is 5.69 Å². The van der Waals surface area contributed by atoms with Gasteiger partial charge in [0.2, 0.25) is 5.91 Å². The standard InChI is InChI=1S/C14H16BrNO3/c1-8(17)16-13-6-10-3-2-9(4-5-14(18)19)11(10)7-12(13)15/h6-7,9H,2-5H2,1H3,(H,16,17)(H,18,19). The molecule has 5 heteroatoms. The molecule has 1 aromatic rings. The molecule has 0 saturated carbocycles. The van der Waals surface area contributed by atoms with E-state index in [1.165, 1.54) is 18.1 Å². The number of carbonyl (C=O) groups excluding carboxylic acids is 1. The summed E-state index contributed by atoms with van der Waals surface area (Å²) in [6.07, 6.45) is 2.81. The number of carbonyl (C=O) groups is 2. The Hall–Kier alpha value is -1.36. The van der Waals surface area contributed by atoms with Crippen LogP contribution in [0.2, 0.25) is 0 Å². The largest absolute Gasteiger partial charge is 0.481 e. The number of anilines is 1. The van der Waals surface area contributed by atoms with E-state index in [9.17, 15) is 9.59 Å². The fourth-order valence-corrected chi connectivity index (χ4v) is 3.06. The summed E-state index contributed by atoms with van der Waals surface area (Å²) in [6, 6.07) is 4.00. The van der Waals surface area contributed by atoms with Crippen LogP contribution >= 0.6 is 15.9 Å². The number of halogens is 1. The van der Waals surface area contributed by atoms with Crippen LogP contribution in [0.15, 0.2) is 16.6 Å². The molecule has 0 bridgehead atoms. The quantitative estimate of drug-likeness (QED) is 0.892. The molecule has 0 heterocycles. The van der Waals surface area contributed by atoms with Crippen molar-refractivity contribution in [3.8, 4) is 0 Å². The Labute approximate surface area is 120 Å². The van der Waals surface area contributed by atoms with Gasteiger partial charge in [0.25, 0.3) is 0 Å². The van der Waals surface area contributed by atoms with E-state index >= 15 is 0 Å². The molecule has 19 heavy (non-hydrogen) atoms. The summed E-state index contributed by atoms with van der Waals surface area (Å²) in [6.45, 7) is 1.48. The van der Waals surface area contributed by atoms with E-state index in [1.54, 1.807) is 0 Å². The summed E-state index contributed by atoms with van der Waals surface area (Å²) in [5.41, 5.74) is 3.20. The minimum absolute atomic E-state index is 0.0962. The predicted molar refractivity (Wildman–Crippen MR) is 76.4 cm³/mol. The molecule has 4 nitrogen and oxygen atoms in total. The van der Waals surface area contributed by atoms with Crippen molar-refractivity contribution in [2.45, 2.75) is 38.5 Å². The van der Waals surface area contributed by atoms with Gasteiger partial charge < -0.3 is 10.4 Å². The fraction of sp³-hybridized carbons (Fsp3) is 0.429. The van der Waals surface area contributed by atoms with Crippen LogP contribution in [0.5, 0.6) is 0 Å². The summed E-state index contributed by atoms with van der Waals surface area (Å²) in [5, 5.41) is 11.6. The third kappa shape index (κ3) is 3.35. The van der Waals surface area contributed by atoms with E-state index in [1.807, 2.05) is 12.1 Å². The van der Waals surface area contributed by atoms with Crippen molar-refractivity contribution in [2.24, 2.45) is 0 Å². The SMILES string of the molecule is CC(=O)Nc1cc2c(cc1Br)C(CCC(=O)O)CC2. The van der Waals surface area contributed by atoms with Crippen molar-refractivity contribution in [3.05, 3.63) is 27.7 Å². The molecule has 0 aliphatic heterocycles. The molecule has 2 N–H and O–H groups in total. The lowest BCUT2D eigenvalue weighted by Gasteiger charge is -2.13. The lowest BCUT2D eigenvalue weighted by Crippen LogP contribution is -2.07. The highest BCUT2D eigenvalue weighted by atomic mass is 79.9. The van der Waals surface area contributed by atoms with Gasteiger partial charge in [-0.05, 0) is 64.4 Å². The first-order chi connectivity index (χ1) is 8.97. The third-order valence-corrected chi connectivity index (χ3v) is 4.10. The van der Waals surface area contributed by atoms with Crippen LogP contribution in [0, 0.1) is 0 Å². The number of hydrogen-bond donors (Lipinski definition) is 2. The molecule has 1 unspecified atom stereocenters. The molecule has 1 amide bonds. The smallest absolute Gasteiger partial charge is 0.303 e. The van der Waals surface area contributed by atoms with Gasteiger partial charge in [0.1, 0.15) is 0 Å². The first kappa shape index (κ1) is 14.1. The van der Waals surface area contributed by atoms with E-state index in [-0.39, 0.29) is 12.3 Å². The number of rotatable bonds is 4. The number of aliphatic carboxylic acids is 1. The van der Waals surface area contributed by atoms with Crippen molar-refractivity contribution in [2.75, 3.05) is 5.32 Å². The topological polar surface area (TPSA) is 66.4 Å². The molecular weight excluding hydrogens is 310 g/mol. The number of amides is 1. The molecule has 1 atom stereocenters. The Bertz CT molecular complexity index is 528. The van der Waals surface area contributed by atoms with Gasteiger partial charge in [-0.1, -0.05) is 0 Å². The first-order valence-corrected chi connectivity index (χ1v) is 7.08. The summed E-state index contributed by atoms with van der Waals surface area (Å²) >= 11 is 3.45. The minimum Gasteiger partial charge on any atom is -0.481 e. The maximum absolute atomic E-state index is 11.1. The number of carboxylic acid groups (broad SMARTS) is 1. The zero-order valence-electron chi connectivity index (χ0n) is 10.7. The number of nitrogens with one attached hydrogen (secondary N) is 1. The second-order valence-corrected chi connectivity index (χ2v) is 5.73. The van der Waals surface area contributed by atoms with Gasteiger partial charge in [-0.2, -0.15) is 0 Å². The molecule has 1 aliphatic rings. The van der Waals surface area contributed by atoms with Crippen LogP contribution in [0.3, 0.4) is 0 Å². The van der Waals surface area contributed by atoms with Crippen LogP contribution in [-0.2, 0) is 16.0 Å². The highest BCUT2D eigenvalue weighted by Crippen LogP contribution is 2.40. The normalized spacial score (nSPS) is 17.1. The molecule has 1 aliphatic carbocycles. The molecule has 102 valence electrons. The molecule has 2 rings (SSSR count). The van der Waals surface area contributed by atoms with E-state index in [2.05, 4.69) is 21.2 Å². The lowest BCUT2D eigenvalue weighted by molar-refractivity contribution is -0.137. The van der Waals surface area contributed by atoms with Crippen LogP contribution in [0.1, 0.15) is 43.2 Å². The maximum atomic E-state index is 11.1. The van der Waals surface area contributed by atoms with E-state index in [4.69, 9.17) is 5.11 Å². The summed E-state index contributed by atoms with van der Waals surface area (Å²) in [4.78, 5) is 21.8. The van der Waals surface area contributed by atoms with Crippen molar-refractivity contribution in [3.63, 3.8) is 0 Å². The lowest BCUT2D eigenvalue weighted by atomic mass is 9.96. The maximum Gasteiger partial charge on any atom is 0.303 e. The summed E-state index contributed by atoms with van der Waals surface area (Å²) in [7, 11) is 0. The highest BCUT2D eigenvalue weighted by Gasteiger charge is 2.24. The number of fused-ring (bicyclic) bond motifs is 1. The van der Waals surface area contributed by atoms with Gasteiger partial charge >= 0.3 is 5.97 Å². The molecule has 0 saturated heterocycles. The molecule has 0 radical (unpaired) electrons. The van der Waals surface area contributed by atoms with Crippen LogP contribution < -0.4 is 5.32 Å². The monoisotopic (exact) mass is 325 g/mol.